The van der Waals surface area contributed by atoms with Gasteiger partial charge in [0.25, 0.3) is 11.8 Å². The minimum Gasteiger partial charge on any atom is -0.368 e. The Balaban J connectivity index is 1.64. The Bertz CT molecular complexity index is 619. The van der Waals surface area contributed by atoms with Crippen molar-refractivity contribution >= 4 is 11.8 Å². The van der Waals surface area contributed by atoms with E-state index >= 15 is 0 Å². The van der Waals surface area contributed by atoms with Crippen molar-refractivity contribution in [2.75, 3.05) is 32.8 Å². The number of hydrogen-bond acceptors (Lipinski definition) is 3. The van der Waals surface area contributed by atoms with E-state index in [-0.39, 0.29) is 17.9 Å². The molecule has 0 radical (unpaired) electrons. The molecule has 0 aliphatic carbocycles. The van der Waals surface area contributed by atoms with Gasteiger partial charge in [0.15, 0.2) is 0 Å². The van der Waals surface area contributed by atoms with Gasteiger partial charge in [0.05, 0.1) is 0 Å². The largest absolute Gasteiger partial charge is 0.368 e. The lowest BCUT2D eigenvalue weighted by molar-refractivity contribution is -0.142. The van der Waals surface area contributed by atoms with Crippen LogP contribution in [0.1, 0.15) is 39.9 Å². The number of carbonyl (C=O) groups is 2. The summed E-state index contributed by atoms with van der Waals surface area (Å²) in [7, 11) is 0. The second-order valence-electron chi connectivity index (χ2n) is 6.89. The van der Waals surface area contributed by atoms with Crippen molar-refractivity contribution in [2.24, 2.45) is 0 Å². The highest BCUT2D eigenvalue weighted by Gasteiger charge is 2.32. The van der Waals surface area contributed by atoms with Crippen LogP contribution in [0.25, 0.3) is 0 Å². The molecular weight excluding hydrogens is 304 g/mol. The lowest BCUT2D eigenvalue weighted by atomic mass is 9.98. The third-order valence-corrected chi connectivity index (χ3v) is 4.97. The molecule has 1 atom stereocenters. The zero-order chi connectivity index (χ0) is 17.3. The van der Waals surface area contributed by atoms with Gasteiger partial charge in [-0.3, -0.25) is 9.59 Å². The van der Waals surface area contributed by atoms with E-state index in [0.29, 0.717) is 32.8 Å². The average molecular weight is 330 g/mol. The Morgan fingerprint density at radius 2 is 1.58 bits per heavy atom. The average Bonchev–Trinajstić information content (AvgIpc) is 3.07. The Morgan fingerprint density at radius 1 is 1.00 bits per heavy atom. The van der Waals surface area contributed by atoms with Crippen LogP contribution in [-0.2, 0) is 9.53 Å². The molecule has 2 fully saturated rings. The fourth-order valence-corrected chi connectivity index (χ4v) is 3.78. The minimum absolute atomic E-state index is 0.0780. The second kappa shape index (κ2) is 6.93. The number of benzene rings is 1. The summed E-state index contributed by atoms with van der Waals surface area (Å²) in [5.41, 5.74) is 4.03. The standard InChI is InChI=1S/C19H26N2O3/c1-13-11-14(2)17(15(3)12-13)19(23)21-8-6-20(7-9-21)18(22)16-5-4-10-24-16/h11-12,16H,4-10H2,1-3H3. The van der Waals surface area contributed by atoms with Gasteiger partial charge in [-0.1, -0.05) is 17.7 Å². The summed E-state index contributed by atoms with van der Waals surface area (Å²) in [5.74, 6) is 0.163. The van der Waals surface area contributed by atoms with Crippen molar-refractivity contribution in [3.05, 3.63) is 34.4 Å². The third-order valence-electron chi connectivity index (χ3n) is 4.97. The maximum atomic E-state index is 12.9. The van der Waals surface area contributed by atoms with E-state index in [9.17, 15) is 9.59 Å². The van der Waals surface area contributed by atoms with Crippen molar-refractivity contribution in [3.8, 4) is 0 Å². The molecule has 0 saturated carbocycles. The van der Waals surface area contributed by atoms with Gasteiger partial charge < -0.3 is 14.5 Å². The number of hydrogen-bond donors (Lipinski definition) is 0. The summed E-state index contributed by atoms with van der Waals surface area (Å²) >= 11 is 0. The normalized spacial score (nSPS) is 21.2. The molecule has 5 nitrogen and oxygen atoms in total. The fourth-order valence-electron chi connectivity index (χ4n) is 3.78. The molecule has 2 aliphatic rings. The molecule has 2 aliphatic heterocycles. The van der Waals surface area contributed by atoms with Crippen molar-refractivity contribution in [3.63, 3.8) is 0 Å². The SMILES string of the molecule is Cc1cc(C)c(C(=O)N2CCN(C(=O)C3CCCO3)CC2)c(C)c1. The first-order valence-corrected chi connectivity index (χ1v) is 8.75. The van der Waals surface area contributed by atoms with Crippen LogP contribution >= 0.6 is 0 Å². The first kappa shape index (κ1) is 17.0. The van der Waals surface area contributed by atoms with E-state index in [2.05, 4.69) is 12.1 Å². The summed E-state index contributed by atoms with van der Waals surface area (Å²) in [6.45, 7) is 9.07. The predicted octanol–water partition coefficient (Wildman–Crippen LogP) is 2.08. The van der Waals surface area contributed by atoms with Crippen LogP contribution in [0.3, 0.4) is 0 Å². The number of rotatable bonds is 2. The molecule has 5 heteroatoms. The Morgan fingerprint density at radius 3 is 2.12 bits per heavy atom. The lowest BCUT2D eigenvalue weighted by Gasteiger charge is -2.36. The van der Waals surface area contributed by atoms with E-state index in [1.165, 1.54) is 5.56 Å². The predicted molar refractivity (Wildman–Crippen MR) is 92.1 cm³/mol. The van der Waals surface area contributed by atoms with Gasteiger partial charge in [-0.15, -0.1) is 0 Å². The summed E-state index contributed by atoms with van der Waals surface area (Å²) in [6, 6.07) is 4.11. The van der Waals surface area contributed by atoms with Gasteiger partial charge in [0, 0.05) is 38.3 Å². The Hall–Kier alpha value is -1.88. The van der Waals surface area contributed by atoms with Gasteiger partial charge in [-0.2, -0.15) is 0 Å². The number of amides is 2. The first-order chi connectivity index (χ1) is 11.5. The quantitative estimate of drug-likeness (QED) is 0.834. The van der Waals surface area contributed by atoms with Gasteiger partial charge in [-0.05, 0) is 44.7 Å². The Kier molecular flexibility index (Phi) is 4.90. The molecule has 1 unspecified atom stereocenters. The first-order valence-electron chi connectivity index (χ1n) is 8.75. The van der Waals surface area contributed by atoms with Gasteiger partial charge in [0.2, 0.25) is 0 Å². The van der Waals surface area contributed by atoms with Crippen LogP contribution in [-0.4, -0.2) is 60.5 Å². The number of aryl methyl sites for hydroxylation is 3. The van der Waals surface area contributed by atoms with Gasteiger partial charge >= 0.3 is 0 Å². The highest BCUT2D eigenvalue weighted by atomic mass is 16.5. The maximum Gasteiger partial charge on any atom is 0.254 e. The zero-order valence-corrected chi connectivity index (χ0v) is 14.8. The fraction of sp³-hybridized carbons (Fsp3) is 0.579. The smallest absolute Gasteiger partial charge is 0.254 e. The third kappa shape index (κ3) is 3.31. The van der Waals surface area contributed by atoms with Crippen molar-refractivity contribution < 1.29 is 14.3 Å². The Labute approximate surface area is 143 Å². The number of carbonyl (C=O) groups excluding carboxylic acids is 2. The van der Waals surface area contributed by atoms with Crippen molar-refractivity contribution in [1.82, 2.24) is 9.80 Å². The van der Waals surface area contributed by atoms with Crippen LogP contribution < -0.4 is 0 Å². The molecule has 0 N–H and O–H groups in total. The van der Waals surface area contributed by atoms with Crippen molar-refractivity contribution in [1.29, 1.82) is 0 Å². The van der Waals surface area contributed by atoms with E-state index in [1.54, 1.807) is 0 Å². The molecule has 0 spiro atoms. The minimum atomic E-state index is -0.270. The van der Waals surface area contributed by atoms with Crippen LogP contribution in [0, 0.1) is 20.8 Å². The molecule has 2 saturated heterocycles. The van der Waals surface area contributed by atoms with Crippen LogP contribution in [0.15, 0.2) is 12.1 Å². The van der Waals surface area contributed by atoms with E-state index in [0.717, 1.165) is 29.5 Å². The van der Waals surface area contributed by atoms with E-state index in [4.69, 9.17) is 4.74 Å². The molecule has 2 amide bonds. The summed E-state index contributed by atoms with van der Waals surface area (Å²) < 4.78 is 5.48. The van der Waals surface area contributed by atoms with Crippen LogP contribution in [0.2, 0.25) is 0 Å². The summed E-state index contributed by atoms with van der Waals surface area (Å²) in [6.07, 6.45) is 1.51. The summed E-state index contributed by atoms with van der Waals surface area (Å²) in [4.78, 5) is 29.0. The monoisotopic (exact) mass is 330 g/mol. The van der Waals surface area contributed by atoms with Crippen LogP contribution in [0.4, 0.5) is 0 Å². The topological polar surface area (TPSA) is 49.9 Å². The van der Waals surface area contributed by atoms with Gasteiger partial charge in [-0.25, -0.2) is 0 Å². The maximum absolute atomic E-state index is 12.9. The highest BCUT2D eigenvalue weighted by molar-refractivity contribution is 5.97. The molecule has 3 rings (SSSR count). The molecule has 0 bridgehead atoms. The second-order valence-corrected chi connectivity index (χ2v) is 6.89. The molecule has 130 valence electrons. The summed E-state index contributed by atoms with van der Waals surface area (Å²) in [5, 5.41) is 0. The number of ether oxygens (including phenoxy) is 1. The lowest BCUT2D eigenvalue weighted by Crippen LogP contribution is -2.53. The van der Waals surface area contributed by atoms with Crippen LogP contribution in [0.5, 0.6) is 0 Å². The van der Waals surface area contributed by atoms with Gasteiger partial charge in [0.1, 0.15) is 6.10 Å². The molecule has 2 heterocycles. The van der Waals surface area contributed by atoms with E-state index in [1.807, 2.05) is 30.6 Å². The van der Waals surface area contributed by atoms with Crippen molar-refractivity contribution in [2.45, 2.75) is 39.7 Å². The molecular formula is C19H26N2O3. The zero-order valence-electron chi connectivity index (χ0n) is 14.8. The molecule has 1 aromatic carbocycles. The molecule has 24 heavy (non-hydrogen) atoms. The molecule has 1 aromatic rings. The molecule has 0 aromatic heterocycles. The highest BCUT2D eigenvalue weighted by Crippen LogP contribution is 2.20. The number of piperazine rings is 1. The van der Waals surface area contributed by atoms with E-state index < -0.39 is 0 Å². The number of nitrogens with zero attached hydrogens (tertiary/aromatic N) is 2.